The molecule has 0 saturated carbocycles. The number of benzene rings is 1. The lowest BCUT2D eigenvalue weighted by molar-refractivity contribution is -0.139. The quantitative estimate of drug-likeness (QED) is 0.806. The highest BCUT2D eigenvalue weighted by molar-refractivity contribution is 5.68. The third-order valence-corrected chi connectivity index (χ3v) is 3.02. The first-order valence-corrected chi connectivity index (χ1v) is 5.00. The molecular weight excluding hydrogens is 192 g/mol. The molecule has 3 nitrogen and oxygen atoms in total. The van der Waals surface area contributed by atoms with Gasteiger partial charge in [0.2, 0.25) is 0 Å². The van der Waals surface area contributed by atoms with E-state index in [1.54, 1.807) is 0 Å². The summed E-state index contributed by atoms with van der Waals surface area (Å²) in [5.41, 5.74) is 0.867. The molecule has 1 aromatic carbocycles. The Labute approximate surface area is 88.7 Å². The molecular formula is C12H14O3. The molecule has 1 heterocycles. The van der Waals surface area contributed by atoms with Gasteiger partial charge in [0.05, 0.1) is 6.42 Å². The number of fused-ring (bicyclic) bond motifs is 1. The third kappa shape index (κ3) is 1.58. The number of carboxylic acids is 1. The molecule has 1 aliphatic rings. The zero-order valence-electron chi connectivity index (χ0n) is 8.86. The van der Waals surface area contributed by atoms with E-state index in [1.165, 1.54) is 0 Å². The van der Waals surface area contributed by atoms with Crippen molar-refractivity contribution in [3.8, 4) is 5.75 Å². The summed E-state index contributed by atoms with van der Waals surface area (Å²) < 4.78 is 5.65. The Morgan fingerprint density at radius 1 is 1.47 bits per heavy atom. The molecule has 15 heavy (non-hydrogen) atoms. The van der Waals surface area contributed by atoms with Crippen LogP contribution < -0.4 is 4.74 Å². The fourth-order valence-electron chi connectivity index (χ4n) is 2.03. The van der Waals surface area contributed by atoms with Crippen LogP contribution in [0.5, 0.6) is 5.75 Å². The third-order valence-electron chi connectivity index (χ3n) is 3.02. The number of para-hydroxylation sites is 1. The first-order chi connectivity index (χ1) is 7.01. The second-order valence-electron chi connectivity index (χ2n) is 4.42. The van der Waals surface area contributed by atoms with Crippen LogP contribution in [0.2, 0.25) is 0 Å². The number of aliphatic carboxylic acids is 1. The van der Waals surface area contributed by atoms with E-state index in [0.717, 1.165) is 11.3 Å². The van der Waals surface area contributed by atoms with Gasteiger partial charge < -0.3 is 9.84 Å². The summed E-state index contributed by atoms with van der Waals surface area (Å²) in [4.78, 5) is 10.7. The zero-order valence-corrected chi connectivity index (χ0v) is 8.86. The van der Waals surface area contributed by atoms with Crippen LogP contribution in [0.15, 0.2) is 24.3 Å². The Kier molecular flexibility index (Phi) is 2.18. The van der Waals surface area contributed by atoms with Crippen molar-refractivity contribution in [2.75, 3.05) is 0 Å². The first-order valence-electron chi connectivity index (χ1n) is 5.00. The fraction of sp³-hybridized carbons (Fsp3) is 0.417. The molecule has 1 aliphatic heterocycles. The molecule has 0 amide bonds. The lowest BCUT2D eigenvalue weighted by Crippen LogP contribution is -2.34. The molecule has 0 aromatic heterocycles. The molecule has 3 heteroatoms. The molecule has 0 spiro atoms. The van der Waals surface area contributed by atoms with Gasteiger partial charge in [-0.3, -0.25) is 4.79 Å². The van der Waals surface area contributed by atoms with Gasteiger partial charge in [-0.1, -0.05) is 32.0 Å². The maximum absolute atomic E-state index is 10.7. The Bertz CT molecular complexity index is 396. The Morgan fingerprint density at radius 2 is 2.13 bits per heavy atom. The van der Waals surface area contributed by atoms with Gasteiger partial charge >= 0.3 is 5.97 Å². The van der Waals surface area contributed by atoms with E-state index in [-0.39, 0.29) is 17.9 Å². The summed E-state index contributed by atoms with van der Waals surface area (Å²) in [6.45, 7) is 4.04. The zero-order chi connectivity index (χ0) is 11.1. The summed E-state index contributed by atoms with van der Waals surface area (Å²) in [5.74, 6) is -0.00497. The van der Waals surface area contributed by atoms with Crippen LogP contribution in [0.1, 0.15) is 25.8 Å². The highest BCUT2D eigenvalue weighted by Crippen LogP contribution is 2.43. The predicted molar refractivity (Wildman–Crippen MR) is 56.1 cm³/mol. The molecule has 1 atom stereocenters. The molecule has 80 valence electrons. The van der Waals surface area contributed by atoms with Crippen molar-refractivity contribution in [1.29, 1.82) is 0 Å². The van der Waals surface area contributed by atoms with Crippen LogP contribution in [-0.2, 0) is 10.2 Å². The van der Waals surface area contributed by atoms with Crippen molar-refractivity contribution in [2.24, 2.45) is 0 Å². The van der Waals surface area contributed by atoms with Crippen molar-refractivity contribution in [2.45, 2.75) is 31.8 Å². The number of rotatable bonds is 2. The monoisotopic (exact) mass is 206 g/mol. The average Bonchev–Trinajstić information content (AvgIpc) is 2.39. The second-order valence-corrected chi connectivity index (χ2v) is 4.42. The number of carboxylic acid groups (broad SMARTS) is 1. The van der Waals surface area contributed by atoms with Crippen molar-refractivity contribution >= 4 is 5.97 Å². The van der Waals surface area contributed by atoms with Crippen LogP contribution in [0.25, 0.3) is 0 Å². The van der Waals surface area contributed by atoms with Crippen LogP contribution >= 0.6 is 0 Å². The molecule has 0 radical (unpaired) electrons. The fourth-order valence-corrected chi connectivity index (χ4v) is 2.03. The minimum atomic E-state index is -0.819. The van der Waals surface area contributed by atoms with Crippen LogP contribution in [0.4, 0.5) is 0 Å². The lowest BCUT2D eigenvalue weighted by atomic mass is 9.80. The summed E-state index contributed by atoms with van der Waals surface area (Å²) in [5, 5.41) is 8.81. The summed E-state index contributed by atoms with van der Waals surface area (Å²) in [7, 11) is 0. The summed E-state index contributed by atoms with van der Waals surface area (Å²) >= 11 is 0. The minimum absolute atomic E-state index is 0.0433. The van der Waals surface area contributed by atoms with Crippen LogP contribution in [-0.4, -0.2) is 17.2 Å². The van der Waals surface area contributed by atoms with E-state index in [9.17, 15) is 4.79 Å². The van der Waals surface area contributed by atoms with Crippen LogP contribution in [0, 0.1) is 0 Å². The highest BCUT2D eigenvalue weighted by Gasteiger charge is 2.42. The van der Waals surface area contributed by atoms with Crippen molar-refractivity contribution in [3.05, 3.63) is 29.8 Å². The number of hydrogen-bond donors (Lipinski definition) is 1. The molecule has 0 fully saturated rings. The van der Waals surface area contributed by atoms with Crippen molar-refractivity contribution < 1.29 is 14.6 Å². The second kappa shape index (κ2) is 3.26. The summed E-state index contributed by atoms with van der Waals surface area (Å²) in [6, 6.07) is 7.74. The van der Waals surface area contributed by atoms with Gasteiger partial charge in [0.1, 0.15) is 11.9 Å². The molecule has 1 N–H and O–H groups in total. The van der Waals surface area contributed by atoms with E-state index in [0.29, 0.717) is 0 Å². The number of carbonyl (C=O) groups is 1. The Hall–Kier alpha value is -1.51. The number of ether oxygens (including phenoxy) is 1. The molecule has 0 aliphatic carbocycles. The van der Waals surface area contributed by atoms with Crippen molar-refractivity contribution in [3.63, 3.8) is 0 Å². The van der Waals surface area contributed by atoms with Gasteiger partial charge in [-0.15, -0.1) is 0 Å². The molecule has 0 saturated heterocycles. The molecule has 1 unspecified atom stereocenters. The predicted octanol–water partition coefficient (Wildman–Crippen LogP) is 2.20. The Balaban J connectivity index is 2.34. The average molecular weight is 206 g/mol. The van der Waals surface area contributed by atoms with E-state index in [1.807, 2.05) is 38.1 Å². The van der Waals surface area contributed by atoms with E-state index < -0.39 is 5.97 Å². The summed E-state index contributed by atoms with van der Waals surface area (Å²) in [6.07, 6.45) is -0.228. The van der Waals surface area contributed by atoms with E-state index in [2.05, 4.69) is 0 Å². The smallest absolute Gasteiger partial charge is 0.307 e. The van der Waals surface area contributed by atoms with Gasteiger partial charge in [0.15, 0.2) is 0 Å². The standard InChI is InChI=1S/C12H14O3/c1-12(2)8-5-3-4-6-9(8)15-10(12)7-11(13)14/h3-6,10H,7H2,1-2H3,(H,13,14). The van der Waals surface area contributed by atoms with Gasteiger partial charge in [0.25, 0.3) is 0 Å². The van der Waals surface area contributed by atoms with Crippen LogP contribution in [0.3, 0.4) is 0 Å². The van der Waals surface area contributed by atoms with Gasteiger partial charge in [-0.05, 0) is 6.07 Å². The van der Waals surface area contributed by atoms with E-state index >= 15 is 0 Å². The molecule has 0 bridgehead atoms. The van der Waals surface area contributed by atoms with Gasteiger partial charge in [-0.2, -0.15) is 0 Å². The molecule has 1 aromatic rings. The largest absolute Gasteiger partial charge is 0.489 e. The normalized spacial score (nSPS) is 21.9. The topological polar surface area (TPSA) is 46.5 Å². The molecule has 2 rings (SSSR count). The SMILES string of the molecule is CC1(C)c2ccccc2OC1CC(=O)O. The minimum Gasteiger partial charge on any atom is -0.489 e. The maximum Gasteiger partial charge on any atom is 0.307 e. The van der Waals surface area contributed by atoms with Gasteiger partial charge in [0, 0.05) is 11.0 Å². The number of hydrogen-bond acceptors (Lipinski definition) is 2. The highest BCUT2D eigenvalue weighted by atomic mass is 16.5. The maximum atomic E-state index is 10.7. The van der Waals surface area contributed by atoms with Crippen molar-refractivity contribution in [1.82, 2.24) is 0 Å². The van der Waals surface area contributed by atoms with E-state index in [4.69, 9.17) is 9.84 Å². The van der Waals surface area contributed by atoms with Gasteiger partial charge in [-0.25, -0.2) is 0 Å². The lowest BCUT2D eigenvalue weighted by Gasteiger charge is -2.24. The first kappa shape index (κ1) is 10.0. The Morgan fingerprint density at radius 3 is 2.73 bits per heavy atom.